The van der Waals surface area contributed by atoms with Crippen molar-refractivity contribution in [2.45, 2.75) is 71.0 Å². The lowest BCUT2D eigenvalue weighted by molar-refractivity contribution is -0.118. The van der Waals surface area contributed by atoms with Crippen LogP contribution in [0, 0.1) is 6.92 Å². The number of anilines is 1. The molecule has 1 aliphatic rings. The van der Waals surface area contributed by atoms with Crippen molar-refractivity contribution in [3.8, 4) is 23.0 Å². The molecule has 1 N–H and O–H groups in total. The highest BCUT2D eigenvalue weighted by molar-refractivity contribution is 8.76. The number of carbonyl (C=O) groups is 2. The Hall–Kier alpha value is -4.09. The van der Waals surface area contributed by atoms with Crippen molar-refractivity contribution in [1.82, 2.24) is 4.90 Å². The lowest BCUT2D eigenvalue weighted by Gasteiger charge is -2.22. The van der Waals surface area contributed by atoms with Crippen LogP contribution < -0.4 is 24.3 Å². The fraction of sp³-hybridized carbons (Fsp3) is 0.395. The number of nitrogens with zero attached hydrogens (tertiary/aromatic N) is 2. The van der Waals surface area contributed by atoms with Crippen LogP contribution in [0.25, 0.3) is 0 Å². The number of amides is 2. The summed E-state index contributed by atoms with van der Waals surface area (Å²) in [5.74, 6) is 2.32. The van der Waals surface area contributed by atoms with Crippen molar-refractivity contribution in [3.05, 3.63) is 82.9 Å². The minimum Gasteiger partial charge on any atom is -0.493 e. The summed E-state index contributed by atoms with van der Waals surface area (Å²) in [4.78, 5) is 31.0. The number of nitrogens with one attached hydrogen (secondary N) is 1. The zero-order valence-corrected chi connectivity index (χ0v) is 31.0. The molecule has 1 aliphatic heterocycles. The fourth-order valence-corrected chi connectivity index (χ4v) is 7.66. The highest BCUT2D eigenvalue weighted by atomic mass is 33.1. The number of methoxy groups -OCH3 is 2. The van der Waals surface area contributed by atoms with E-state index in [-0.39, 0.29) is 29.9 Å². The average molecular weight is 706 g/mol. The molecule has 3 aromatic rings. The molecule has 9 nitrogen and oxygen atoms in total. The zero-order valence-electron chi connectivity index (χ0n) is 29.4. The van der Waals surface area contributed by atoms with Crippen LogP contribution in [0.15, 0.2) is 71.2 Å². The zero-order chi connectivity index (χ0) is 35.4. The van der Waals surface area contributed by atoms with Gasteiger partial charge in [-0.2, -0.15) is 0 Å². The van der Waals surface area contributed by atoms with Gasteiger partial charge in [0.2, 0.25) is 12.3 Å². The lowest BCUT2D eigenvalue weighted by atomic mass is 10.1. The summed E-state index contributed by atoms with van der Waals surface area (Å²) in [5.41, 5.74) is 5.33. The molecule has 2 amide bonds. The molecule has 49 heavy (non-hydrogen) atoms. The molecule has 0 radical (unpaired) electrons. The van der Waals surface area contributed by atoms with Crippen molar-refractivity contribution < 1.29 is 28.5 Å². The fourth-order valence-electron chi connectivity index (χ4n) is 5.42. The average Bonchev–Trinajstić information content (AvgIpc) is 3.50. The third-order valence-electron chi connectivity index (χ3n) is 8.08. The van der Waals surface area contributed by atoms with Gasteiger partial charge in [-0.05, 0) is 106 Å². The van der Waals surface area contributed by atoms with Gasteiger partial charge < -0.3 is 29.2 Å². The summed E-state index contributed by atoms with van der Waals surface area (Å²) < 4.78 is 23.6. The van der Waals surface area contributed by atoms with E-state index in [1.54, 1.807) is 46.9 Å². The molecule has 1 unspecified atom stereocenters. The summed E-state index contributed by atoms with van der Waals surface area (Å²) in [6, 6.07) is 17.0. The van der Waals surface area contributed by atoms with Gasteiger partial charge in [0.25, 0.3) is 0 Å². The third kappa shape index (κ3) is 11.2. The second-order valence-corrected chi connectivity index (χ2v) is 15.5. The molecule has 0 saturated carbocycles. The molecule has 1 atom stereocenters. The van der Waals surface area contributed by atoms with Gasteiger partial charge in [-0.25, -0.2) is 0 Å². The van der Waals surface area contributed by atoms with Crippen LogP contribution in [0.4, 0.5) is 11.4 Å². The van der Waals surface area contributed by atoms with E-state index in [0.717, 1.165) is 35.9 Å². The molecule has 1 heterocycles. The third-order valence-corrected chi connectivity index (χ3v) is 10.8. The van der Waals surface area contributed by atoms with Crippen molar-refractivity contribution in [3.63, 3.8) is 0 Å². The molecule has 0 aromatic heterocycles. The maximum absolute atomic E-state index is 13.1. The summed E-state index contributed by atoms with van der Waals surface area (Å²) in [6.07, 6.45) is 8.69. The van der Waals surface area contributed by atoms with Gasteiger partial charge in [-0.3, -0.25) is 14.6 Å². The molecule has 1 fully saturated rings. The molecule has 0 spiro atoms. The van der Waals surface area contributed by atoms with Crippen LogP contribution >= 0.6 is 21.6 Å². The minimum absolute atomic E-state index is 0.0172. The second-order valence-electron chi connectivity index (χ2n) is 12.4. The van der Waals surface area contributed by atoms with Crippen LogP contribution in [0.5, 0.6) is 23.0 Å². The number of rotatable bonds is 17. The van der Waals surface area contributed by atoms with E-state index in [2.05, 4.69) is 24.2 Å². The maximum atomic E-state index is 13.1. The Balaban J connectivity index is 1.53. The second kappa shape index (κ2) is 18.1. The Morgan fingerprint density at radius 3 is 2.33 bits per heavy atom. The first-order valence-electron chi connectivity index (χ1n) is 16.2. The topological polar surface area (TPSA) is 98.7 Å². The van der Waals surface area contributed by atoms with Gasteiger partial charge >= 0.3 is 0 Å². The van der Waals surface area contributed by atoms with E-state index in [1.165, 1.54) is 5.57 Å². The largest absolute Gasteiger partial charge is 0.493 e. The molecule has 0 aliphatic carbocycles. The van der Waals surface area contributed by atoms with E-state index in [9.17, 15) is 9.59 Å². The van der Waals surface area contributed by atoms with Crippen molar-refractivity contribution >= 4 is 51.5 Å². The summed E-state index contributed by atoms with van der Waals surface area (Å²) in [6.45, 7) is 9.37. The van der Waals surface area contributed by atoms with Crippen LogP contribution in [0.3, 0.4) is 0 Å². The Morgan fingerprint density at radius 2 is 1.67 bits per heavy atom. The number of likely N-dealkylation sites (tertiary alicyclic amines) is 1. The predicted molar refractivity (Wildman–Crippen MR) is 202 cm³/mol. The van der Waals surface area contributed by atoms with Gasteiger partial charge in [0, 0.05) is 35.7 Å². The molecule has 3 aromatic carbocycles. The smallest absolute Gasteiger partial charge is 0.224 e. The lowest BCUT2D eigenvalue weighted by Crippen LogP contribution is -2.28. The SMILES string of the molecule is C/C=C1\CC(C=Nc2ccc(OC)c(OCc3cc(COc4ccc(C)cc4OC)cc(NC(=O)CCC(C)(C)SSC)c3)c2)N(C=O)C1. The first-order chi connectivity index (χ1) is 23.6. The van der Waals surface area contributed by atoms with Crippen LogP contribution in [-0.2, 0) is 22.8 Å². The van der Waals surface area contributed by atoms with E-state index in [1.807, 2.05) is 80.8 Å². The molecule has 1 saturated heterocycles. The molecule has 262 valence electrons. The van der Waals surface area contributed by atoms with Crippen LogP contribution in [0.2, 0.25) is 0 Å². The number of benzene rings is 3. The number of hydrogen-bond donors (Lipinski definition) is 1. The summed E-state index contributed by atoms with van der Waals surface area (Å²) in [5, 5.41) is 3.09. The molecule has 4 rings (SSSR count). The molecule has 11 heteroatoms. The molecule has 0 bridgehead atoms. The molecular weight excluding hydrogens is 659 g/mol. The monoisotopic (exact) mass is 705 g/mol. The number of hydrogen-bond acceptors (Lipinski definition) is 9. The van der Waals surface area contributed by atoms with E-state index in [4.69, 9.17) is 18.9 Å². The van der Waals surface area contributed by atoms with Crippen LogP contribution in [0.1, 0.15) is 56.7 Å². The van der Waals surface area contributed by atoms with Crippen molar-refractivity contribution in [1.29, 1.82) is 0 Å². The van der Waals surface area contributed by atoms with Crippen molar-refractivity contribution in [2.75, 3.05) is 32.3 Å². The number of ether oxygens (including phenoxy) is 4. The Labute approximate surface area is 298 Å². The van der Waals surface area contributed by atoms with Crippen molar-refractivity contribution in [2.24, 2.45) is 4.99 Å². The Morgan fingerprint density at radius 1 is 0.980 bits per heavy atom. The highest BCUT2D eigenvalue weighted by Crippen LogP contribution is 2.37. The Bertz CT molecular complexity index is 1660. The normalized spacial score (nSPS) is 15.4. The van der Waals surface area contributed by atoms with Gasteiger partial charge in [-0.1, -0.05) is 39.3 Å². The minimum atomic E-state index is -0.0935. The Kier molecular flexibility index (Phi) is 13.9. The van der Waals surface area contributed by atoms with Gasteiger partial charge in [0.05, 0.1) is 25.9 Å². The number of aryl methyl sites for hydroxylation is 1. The van der Waals surface area contributed by atoms with Gasteiger partial charge in [0.1, 0.15) is 13.2 Å². The van der Waals surface area contributed by atoms with Crippen LogP contribution in [-0.4, -0.2) is 61.2 Å². The van der Waals surface area contributed by atoms with E-state index < -0.39 is 0 Å². The summed E-state index contributed by atoms with van der Waals surface area (Å²) >= 11 is 0. The van der Waals surface area contributed by atoms with Gasteiger partial charge in [0.15, 0.2) is 23.0 Å². The first-order valence-corrected chi connectivity index (χ1v) is 18.7. The number of aliphatic imine (C=N–C) groups is 1. The van der Waals surface area contributed by atoms with E-state index in [0.29, 0.717) is 47.3 Å². The number of allylic oxidation sites excluding steroid dienone is 1. The summed E-state index contributed by atoms with van der Waals surface area (Å²) in [7, 11) is 6.69. The maximum Gasteiger partial charge on any atom is 0.224 e. The van der Waals surface area contributed by atoms with Gasteiger partial charge in [-0.15, -0.1) is 0 Å². The standard InChI is InChI=1S/C38H47N3O6S2/c1-8-27-19-32(41(22-27)25-42)21-39-30-10-12-33(44-5)36(20-30)47-24-29-16-28(23-46-34-11-9-26(2)15-35(34)45-6)17-31(18-29)40-37(43)13-14-38(3,4)49-48-7/h8-12,15-18,20-21,25,32H,13-14,19,22-24H2,1-7H3,(H,40,43)/b27-8+,39-21?. The van der Waals surface area contributed by atoms with E-state index >= 15 is 0 Å². The molecular formula is C38H47N3O6S2. The highest BCUT2D eigenvalue weighted by Gasteiger charge is 2.25. The quantitative estimate of drug-likeness (QED) is 0.0646. The first kappa shape index (κ1) is 37.7. The predicted octanol–water partition coefficient (Wildman–Crippen LogP) is 8.56. The number of carbonyl (C=O) groups excluding carboxylic acids is 2.